The zero-order valence-electron chi connectivity index (χ0n) is 24.1. The molecule has 218 valence electrons. The number of benzene rings is 1. The minimum atomic E-state index is -1.69. The summed E-state index contributed by atoms with van der Waals surface area (Å²) < 4.78 is 5.37. The summed E-state index contributed by atoms with van der Waals surface area (Å²) in [5.41, 5.74) is 0.162. The minimum absolute atomic E-state index is 0.0149. The highest BCUT2D eigenvalue weighted by molar-refractivity contribution is 6.01. The number of aryl methyl sites for hydroxylation is 1. The summed E-state index contributed by atoms with van der Waals surface area (Å²) in [7, 11) is 0. The molecule has 1 aromatic carbocycles. The Morgan fingerprint density at radius 1 is 1.20 bits per heavy atom. The first kappa shape index (κ1) is 29.3. The van der Waals surface area contributed by atoms with E-state index >= 15 is 0 Å². The summed E-state index contributed by atoms with van der Waals surface area (Å²) in [6.07, 6.45) is 7.70. The van der Waals surface area contributed by atoms with Crippen molar-refractivity contribution >= 4 is 23.2 Å². The third-order valence-electron chi connectivity index (χ3n) is 10.4. The summed E-state index contributed by atoms with van der Waals surface area (Å²) in [4.78, 5) is 38.2. The Bertz CT molecular complexity index is 1360. The number of fused-ring (bicyclic) bond motifs is 5. The summed E-state index contributed by atoms with van der Waals surface area (Å²) >= 11 is 0. The predicted octanol–water partition coefficient (Wildman–Crippen LogP) is 5.36. The Balaban J connectivity index is 1.24. The van der Waals surface area contributed by atoms with Gasteiger partial charge >= 0.3 is 5.97 Å². The fourth-order valence-corrected chi connectivity index (χ4v) is 8.32. The smallest absolute Gasteiger partial charge is 0.306 e. The lowest BCUT2D eigenvalue weighted by Gasteiger charge is -2.59. The molecule has 0 aliphatic heterocycles. The van der Waals surface area contributed by atoms with Crippen molar-refractivity contribution in [3.8, 4) is 0 Å². The number of carbonyl (C=O) groups is 3. The zero-order valence-corrected chi connectivity index (χ0v) is 24.1. The number of azo groups is 1. The van der Waals surface area contributed by atoms with Crippen molar-refractivity contribution in [3.05, 3.63) is 65.9 Å². The van der Waals surface area contributed by atoms with Crippen molar-refractivity contribution in [1.29, 1.82) is 0 Å². The van der Waals surface area contributed by atoms with Crippen LogP contribution in [0.2, 0.25) is 0 Å². The van der Waals surface area contributed by atoms with E-state index in [1.54, 1.807) is 25.1 Å². The molecular formula is C33H40N2O6. The molecule has 4 aliphatic rings. The van der Waals surface area contributed by atoms with Crippen LogP contribution in [-0.2, 0) is 25.5 Å². The van der Waals surface area contributed by atoms with Crippen LogP contribution >= 0.6 is 0 Å². The van der Waals surface area contributed by atoms with Crippen LogP contribution in [0.1, 0.15) is 64.9 Å². The first-order valence-corrected chi connectivity index (χ1v) is 14.6. The number of hydrogen-bond donors (Lipinski definition) is 2. The van der Waals surface area contributed by atoms with Gasteiger partial charge in [0.1, 0.15) is 5.60 Å². The van der Waals surface area contributed by atoms with Crippen LogP contribution in [0, 0.1) is 28.6 Å². The number of hydrogen-bond acceptors (Lipinski definition) is 8. The largest absolute Gasteiger partial charge is 0.458 e. The van der Waals surface area contributed by atoms with E-state index in [2.05, 4.69) is 23.7 Å². The number of Topliss-reactive ketones (excluding diaryl/α,β-unsaturated/α-hetero) is 1. The van der Waals surface area contributed by atoms with Gasteiger partial charge in [0.25, 0.3) is 0 Å². The number of aliphatic hydroxyl groups excluding tert-OH is 1. The maximum atomic E-state index is 13.5. The second-order valence-corrected chi connectivity index (χ2v) is 12.8. The fourth-order valence-electron chi connectivity index (χ4n) is 8.32. The van der Waals surface area contributed by atoms with E-state index in [-0.39, 0.29) is 42.8 Å². The molecule has 8 heteroatoms. The summed E-state index contributed by atoms with van der Waals surface area (Å²) in [5, 5.41) is 31.5. The maximum absolute atomic E-state index is 13.5. The SMILES string of the molecule is C=C(C)N=Nc1ccccc1CCC(=O)OCC(=O)C1(O)CCC2C3CCC4=CC(=O)C=CC4(C)C3C(O)CC21C. The van der Waals surface area contributed by atoms with Gasteiger partial charge in [0.15, 0.2) is 12.4 Å². The molecule has 0 spiro atoms. The Kier molecular flexibility index (Phi) is 7.76. The van der Waals surface area contributed by atoms with Crippen molar-refractivity contribution in [1.82, 2.24) is 0 Å². The predicted molar refractivity (Wildman–Crippen MR) is 153 cm³/mol. The summed E-state index contributed by atoms with van der Waals surface area (Å²) in [5.74, 6) is -1.000. The van der Waals surface area contributed by atoms with E-state index in [0.717, 1.165) is 24.0 Å². The summed E-state index contributed by atoms with van der Waals surface area (Å²) in [6, 6.07) is 7.36. The lowest BCUT2D eigenvalue weighted by molar-refractivity contribution is -0.181. The van der Waals surface area contributed by atoms with Crippen molar-refractivity contribution in [2.24, 2.45) is 38.8 Å². The summed E-state index contributed by atoms with van der Waals surface area (Å²) in [6.45, 7) is 8.96. The van der Waals surface area contributed by atoms with Crippen molar-refractivity contribution < 1.29 is 29.3 Å². The molecule has 0 saturated heterocycles. The van der Waals surface area contributed by atoms with Crippen LogP contribution < -0.4 is 0 Å². The van der Waals surface area contributed by atoms with Gasteiger partial charge in [0.05, 0.1) is 17.5 Å². The van der Waals surface area contributed by atoms with Gasteiger partial charge in [0, 0.05) is 23.2 Å². The van der Waals surface area contributed by atoms with Crippen LogP contribution in [0.3, 0.4) is 0 Å². The molecule has 5 rings (SSSR count). The number of ether oxygens (including phenoxy) is 1. The van der Waals surface area contributed by atoms with Crippen LogP contribution in [0.25, 0.3) is 0 Å². The van der Waals surface area contributed by atoms with E-state index in [1.165, 1.54) is 0 Å². The van der Waals surface area contributed by atoms with E-state index < -0.39 is 40.9 Å². The first-order valence-electron chi connectivity index (χ1n) is 14.6. The number of nitrogens with zero attached hydrogens (tertiary/aromatic N) is 2. The number of allylic oxidation sites excluding steroid dienone is 5. The molecule has 7 atom stereocenters. The van der Waals surface area contributed by atoms with E-state index in [4.69, 9.17) is 4.74 Å². The van der Waals surface area contributed by atoms with Crippen molar-refractivity contribution in [2.45, 2.75) is 77.4 Å². The van der Waals surface area contributed by atoms with Gasteiger partial charge < -0.3 is 14.9 Å². The molecule has 0 radical (unpaired) electrons. The van der Waals surface area contributed by atoms with E-state index in [1.807, 2.05) is 31.2 Å². The topological polar surface area (TPSA) is 126 Å². The second-order valence-electron chi connectivity index (χ2n) is 12.8. The molecule has 2 N–H and O–H groups in total. The molecule has 3 fully saturated rings. The van der Waals surface area contributed by atoms with Crippen LogP contribution in [-0.4, -0.2) is 46.1 Å². The molecule has 8 nitrogen and oxygen atoms in total. The number of aliphatic hydroxyl groups is 2. The van der Waals surface area contributed by atoms with Crippen LogP contribution in [0.4, 0.5) is 5.69 Å². The number of ketones is 2. The minimum Gasteiger partial charge on any atom is -0.458 e. The molecule has 41 heavy (non-hydrogen) atoms. The van der Waals surface area contributed by atoms with E-state index in [9.17, 15) is 24.6 Å². The Morgan fingerprint density at radius 2 is 1.95 bits per heavy atom. The Labute approximate surface area is 241 Å². The van der Waals surface area contributed by atoms with Crippen LogP contribution in [0.15, 0.2) is 70.6 Å². The first-order chi connectivity index (χ1) is 19.4. The van der Waals surface area contributed by atoms with Gasteiger partial charge in [-0.2, -0.15) is 10.2 Å². The lowest BCUT2D eigenvalue weighted by Crippen LogP contribution is -2.61. The Morgan fingerprint density at radius 3 is 2.71 bits per heavy atom. The zero-order chi connectivity index (χ0) is 29.6. The average Bonchev–Trinajstić information content (AvgIpc) is 3.20. The molecule has 3 saturated carbocycles. The highest BCUT2D eigenvalue weighted by Gasteiger charge is 2.68. The molecule has 7 unspecified atom stereocenters. The quantitative estimate of drug-likeness (QED) is 0.326. The fraction of sp³-hybridized carbons (Fsp3) is 0.545. The number of rotatable bonds is 8. The average molecular weight is 561 g/mol. The highest BCUT2D eigenvalue weighted by Crippen LogP contribution is 2.67. The maximum Gasteiger partial charge on any atom is 0.306 e. The monoisotopic (exact) mass is 560 g/mol. The standard InChI is InChI=1S/C33H40N2O6/c1-20(2)34-35-26-8-6-5-7-21(26)9-12-29(39)41-19-28(38)33(40)16-14-25-24-11-10-22-17-23(36)13-15-31(22,3)30(24)27(37)18-32(25,33)4/h5-8,13,15,17,24-25,27,30,37,40H,1,9-12,14,16,18-19H2,2-4H3. The molecular weight excluding hydrogens is 520 g/mol. The molecule has 4 aliphatic carbocycles. The molecule has 0 aromatic heterocycles. The molecule has 0 heterocycles. The van der Waals surface area contributed by atoms with Crippen molar-refractivity contribution in [2.75, 3.05) is 6.61 Å². The second kappa shape index (κ2) is 10.9. The highest BCUT2D eigenvalue weighted by atomic mass is 16.5. The van der Waals surface area contributed by atoms with E-state index in [0.29, 0.717) is 24.2 Å². The van der Waals surface area contributed by atoms with Crippen molar-refractivity contribution in [3.63, 3.8) is 0 Å². The third-order valence-corrected chi connectivity index (χ3v) is 10.4. The van der Waals surface area contributed by atoms with Crippen LogP contribution in [0.5, 0.6) is 0 Å². The third kappa shape index (κ3) is 5.06. The number of esters is 1. The number of carbonyl (C=O) groups excluding carboxylic acids is 3. The molecule has 1 aromatic rings. The van der Waals surface area contributed by atoms with Gasteiger partial charge in [-0.05, 0) is 81.1 Å². The van der Waals surface area contributed by atoms with Gasteiger partial charge in [-0.25, -0.2) is 0 Å². The Hall–Kier alpha value is -3.23. The molecule has 0 bridgehead atoms. The normalized spacial score (nSPS) is 35.8. The lowest BCUT2D eigenvalue weighted by atomic mass is 9.46. The molecule has 0 amide bonds. The van der Waals surface area contributed by atoms with Gasteiger partial charge in [0.2, 0.25) is 5.78 Å². The van der Waals surface area contributed by atoms with Gasteiger partial charge in [-0.3, -0.25) is 14.4 Å². The van der Waals surface area contributed by atoms with Gasteiger partial charge in [-0.15, -0.1) is 0 Å². The van der Waals surface area contributed by atoms with Gasteiger partial charge in [-0.1, -0.05) is 50.3 Å².